The van der Waals surface area contributed by atoms with Gasteiger partial charge in [0.2, 0.25) is 0 Å². The van der Waals surface area contributed by atoms with Crippen LogP contribution < -0.4 is 0 Å². The van der Waals surface area contributed by atoms with Crippen molar-refractivity contribution in [3.8, 4) is 0 Å². The molecule has 0 saturated heterocycles. The number of pyridine rings is 1. The standard InChI is InChI=1S/C19H20Cl2N4O/c1-11(2)25-18-16(9-22-25)15(7-12(3)23-18)19(26)24(4)10-13-5-6-14(20)8-17(13)21/h5-9,11H,10H2,1-4H3. The molecule has 0 atom stereocenters. The first kappa shape index (κ1) is 18.7. The van der Waals surface area contributed by atoms with Crippen LogP contribution in [0.25, 0.3) is 11.0 Å². The average molecular weight is 391 g/mol. The Morgan fingerprint density at radius 3 is 2.65 bits per heavy atom. The Labute approximate surface area is 162 Å². The fourth-order valence-corrected chi connectivity index (χ4v) is 3.35. The molecule has 0 fully saturated rings. The van der Waals surface area contributed by atoms with Gasteiger partial charge < -0.3 is 4.90 Å². The number of amides is 1. The van der Waals surface area contributed by atoms with Gasteiger partial charge >= 0.3 is 0 Å². The van der Waals surface area contributed by atoms with Crippen molar-refractivity contribution in [3.63, 3.8) is 0 Å². The maximum absolute atomic E-state index is 13.1. The quantitative estimate of drug-likeness (QED) is 0.636. The highest BCUT2D eigenvalue weighted by molar-refractivity contribution is 6.35. The van der Waals surface area contributed by atoms with Gasteiger partial charge in [0, 0.05) is 35.4 Å². The zero-order chi connectivity index (χ0) is 19.0. The maximum atomic E-state index is 13.1. The van der Waals surface area contributed by atoms with E-state index in [2.05, 4.69) is 10.1 Å². The molecule has 1 amide bonds. The highest BCUT2D eigenvalue weighted by Crippen LogP contribution is 2.25. The van der Waals surface area contributed by atoms with Crippen molar-refractivity contribution in [3.05, 3.63) is 57.3 Å². The highest BCUT2D eigenvalue weighted by Gasteiger charge is 2.20. The molecular weight excluding hydrogens is 371 g/mol. The van der Waals surface area contributed by atoms with Gasteiger partial charge in [-0.25, -0.2) is 9.67 Å². The van der Waals surface area contributed by atoms with Gasteiger partial charge in [0.15, 0.2) is 5.65 Å². The summed E-state index contributed by atoms with van der Waals surface area (Å²) in [5.41, 5.74) is 2.93. The Bertz CT molecular complexity index is 981. The van der Waals surface area contributed by atoms with Crippen molar-refractivity contribution in [2.24, 2.45) is 0 Å². The van der Waals surface area contributed by atoms with Crippen LogP contribution in [0, 0.1) is 6.92 Å². The maximum Gasteiger partial charge on any atom is 0.254 e. The van der Waals surface area contributed by atoms with Gasteiger partial charge in [-0.05, 0) is 44.5 Å². The first-order valence-electron chi connectivity index (χ1n) is 8.32. The SMILES string of the molecule is Cc1cc(C(=O)N(C)Cc2ccc(Cl)cc2Cl)c2cnn(C(C)C)c2n1. The molecule has 1 aromatic carbocycles. The van der Waals surface area contributed by atoms with Crippen LogP contribution >= 0.6 is 23.2 Å². The molecule has 0 N–H and O–H groups in total. The Hall–Kier alpha value is -2.11. The van der Waals surface area contributed by atoms with E-state index >= 15 is 0 Å². The normalized spacial score (nSPS) is 11.3. The molecule has 3 rings (SSSR count). The molecule has 0 saturated carbocycles. The summed E-state index contributed by atoms with van der Waals surface area (Å²) in [6.45, 7) is 6.33. The van der Waals surface area contributed by atoms with Crippen molar-refractivity contribution in [1.82, 2.24) is 19.7 Å². The van der Waals surface area contributed by atoms with Gasteiger partial charge in [0.05, 0.1) is 17.1 Å². The van der Waals surface area contributed by atoms with E-state index in [9.17, 15) is 4.79 Å². The minimum absolute atomic E-state index is 0.102. The fourth-order valence-electron chi connectivity index (χ4n) is 2.88. The molecular formula is C19H20Cl2N4O. The Kier molecular flexibility index (Phi) is 5.21. The second-order valence-electron chi connectivity index (χ2n) is 6.63. The van der Waals surface area contributed by atoms with E-state index < -0.39 is 0 Å². The predicted octanol–water partition coefficient (Wildman–Crippen LogP) is 4.90. The van der Waals surface area contributed by atoms with E-state index in [-0.39, 0.29) is 11.9 Å². The number of rotatable bonds is 4. The third-order valence-electron chi connectivity index (χ3n) is 4.18. The predicted molar refractivity (Wildman–Crippen MR) is 105 cm³/mol. The molecule has 0 aliphatic rings. The van der Waals surface area contributed by atoms with Crippen LogP contribution in [0.15, 0.2) is 30.5 Å². The fraction of sp³-hybridized carbons (Fsp3) is 0.316. The topological polar surface area (TPSA) is 51.0 Å². The van der Waals surface area contributed by atoms with Gasteiger partial charge in [0.1, 0.15) is 0 Å². The third-order valence-corrected chi connectivity index (χ3v) is 4.77. The minimum Gasteiger partial charge on any atom is -0.337 e. The number of aromatic nitrogens is 3. The van der Waals surface area contributed by atoms with E-state index in [1.165, 1.54) is 0 Å². The molecule has 3 aromatic rings. The van der Waals surface area contributed by atoms with Crippen molar-refractivity contribution in [2.45, 2.75) is 33.4 Å². The zero-order valence-corrected chi connectivity index (χ0v) is 16.6. The number of hydrogen-bond acceptors (Lipinski definition) is 3. The number of benzene rings is 1. The van der Waals surface area contributed by atoms with Gasteiger partial charge in [-0.2, -0.15) is 5.10 Å². The van der Waals surface area contributed by atoms with Crippen LogP contribution in [-0.4, -0.2) is 32.6 Å². The van der Waals surface area contributed by atoms with Crippen molar-refractivity contribution in [2.75, 3.05) is 7.05 Å². The summed E-state index contributed by atoms with van der Waals surface area (Å²) in [7, 11) is 1.75. The zero-order valence-electron chi connectivity index (χ0n) is 15.1. The number of halogens is 2. The van der Waals surface area contributed by atoms with Gasteiger partial charge in [-0.1, -0.05) is 29.3 Å². The lowest BCUT2D eigenvalue weighted by atomic mass is 10.1. The van der Waals surface area contributed by atoms with E-state index in [0.29, 0.717) is 22.2 Å². The molecule has 0 aliphatic heterocycles. The largest absolute Gasteiger partial charge is 0.337 e. The van der Waals surface area contributed by atoms with Crippen LogP contribution in [0.4, 0.5) is 0 Å². The molecule has 2 aromatic heterocycles. The van der Waals surface area contributed by atoms with E-state index in [1.807, 2.05) is 31.5 Å². The smallest absolute Gasteiger partial charge is 0.254 e. The number of carbonyl (C=O) groups is 1. The molecule has 0 bridgehead atoms. The molecule has 136 valence electrons. The summed E-state index contributed by atoms with van der Waals surface area (Å²) in [5, 5.41) is 6.26. The average Bonchev–Trinajstić information content (AvgIpc) is 2.99. The first-order chi connectivity index (χ1) is 12.3. The van der Waals surface area contributed by atoms with Crippen LogP contribution in [0.3, 0.4) is 0 Å². The van der Waals surface area contributed by atoms with Crippen LogP contribution in [0.2, 0.25) is 10.0 Å². The lowest BCUT2D eigenvalue weighted by Crippen LogP contribution is -2.26. The molecule has 0 aliphatic carbocycles. The summed E-state index contributed by atoms with van der Waals surface area (Å²) < 4.78 is 1.83. The molecule has 26 heavy (non-hydrogen) atoms. The number of carbonyl (C=O) groups excluding carboxylic acids is 1. The van der Waals surface area contributed by atoms with Crippen LogP contribution in [0.1, 0.15) is 41.5 Å². The lowest BCUT2D eigenvalue weighted by Gasteiger charge is -2.19. The van der Waals surface area contributed by atoms with E-state index in [1.54, 1.807) is 36.3 Å². The third kappa shape index (κ3) is 3.55. The Morgan fingerprint density at radius 1 is 1.27 bits per heavy atom. The van der Waals surface area contributed by atoms with Gasteiger partial charge in [0.25, 0.3) is 5.91 Å². The van der Waals surface area contributed by atoms with E-state index in [0.717, 1.165) is 22.3 Å². The molecule has 0 spiro atoms. The minimum atomic E-state index is -0.102. The Balaban J connectivity index is 1.96. The molecule has 7 heteroatoms. The second-order valence-corrected chi connectivity index (χ2v) is 7.47. The summed E-state index contributed by atoms with van der Waals surface area (Å²) in [6.07, 6.45) is 1.71. The van der Waals surface area contributed by atoms with Crippen LogP contribution in [0.5, 0.6) is 0 Å². The van der Waals surface area contributed by atoms with Crippen molar-refractivity contribution >= 4 is 40.1 Å². The Morgan fingerprint density at radius 2 is 2.00 bits per heavy atom. The summed E-state index contributed by atoms with van der Waals surface area (Å²) in [5.74, 6) is -0.102. The molecule has 5 nitrogen and oxygen atoms in total. The van der Waals surface area contributed by atoms with Crippen molar-refractivity contribution < 1.29 is 4.79 Å². The summed E-state index contributed by atoms with van der Waals surface area (Å²) in [4.78, 5) is 19.3. The monoisotopic (exact) mass is 390 g/mol. The molecule has 2 heterocycles. The lowest BCUT2D eigenvalue weighted by molar-refractivity contribution is 0.0787. The second kappa shape index (κ2) is 7.25. The molecule has 0 unspecified atom stereocenters. The van der Waals surface area contributed by atoms with Gasteiger partial charge in [-0.3, -0.25) is 4.79 Å². The number of hydrogen-bond donors (Lipinski definition) is 0. The number of fused-ring (bicyclic) bond motifs is 1. The molecule has 0 radical (unpaired) electrons. The summed E-state index contributed by atoms with van der Waals surface area (Å²) >= 11 is 12.2. The van der Waals surface area contributed by atoms with Crippen LogP contribution in [-0.2, 0) is 6.54 Å². The first-order valence-corrected chi connectivity index (χ1v) is 9.07. The van der Waals surface area contributed by atoms with E-state index in [4.69, 9.17) is 23.2 Å². The number of aryl methyl sites for hydroxylation is 1. The highest BCUT2D eigenvalue weighted by atomic mass is 35.5. The summed E-state index contributed by atoms with van der Waals surface area (Å²) in [6, 6.07) is 7.24. The van der Waals surface area contributed by atoms with Crippen molar-refractivity contribution in [1.29, 1.82) is 0 Å². The number of nitrogens with zero attached hydrogens (tertiary/aromatic N) is 4. The van der Waals surface area contributed by atoms with Gasteiger partial charge in [-0.15, -0.1) is 0 Å².